The maximum absolute atomic E-state index is 13.8. The summed E-state index contributed by atoms with van der Waals surface area (Å²) in [5.74, 6) is 0. The van der Waals surface area contributed by atoms with Crippen molar-refractivity contribution in [3.63, 3.8) is 0 Å². The van der Waals surface area contributed by atoms with Crippen molar-refractivity contribution in [2.75, 3.05) is 14.1 Å². The van der Waals surface area contributed by atoms with Crippen LogP contribution in [0.1, 0.15) is 33.1 Å². The molecule has 1 rings (SSSR count). The molecule has 1 unspecified atom stereocenters. The summed E-state index contributed by atoms with van der Waals surface area (Å²) in [5, 5.41) is 3.17. The van der Waals surface area contributed by atoms with Gasteiger partial charge in [0.15, 0.2) is 0 Å². The third-order valence-corrected chi connectivity index (χ3v) is 4.18. The molecule has 1 saturated carbocycles. The molecule has 0 saturated heterocycles. The number of halogens is 1. The highest BCUT2D eigenvalue weighted by atomic mass is 19.1. The molecular weight excluding hydrogens is 251 g/mol. The Morgan fingerprint density at radius 2 is 2.10 bits per heavy atom. The molecule has 0 radical (unpaired) electrons. The molecule has 0 aromatic rings. The minimum absolute atomic E-state index is 0.327. The molecule has 0 aromatic heterocycles. The molecule has 0 spiro atoms. The summed E-state index contributed by atoms with van der Waals surface area (Å²) in [6.07, 6.45) is 7.51. The summed E-state index contributed by atoms with van der Waals surface area (Å²) in [6.45, 7) is 11.6. The predicted octanol–water partition coefficient (Wildman–Crippen LogP) is 3.95. The van der Waals surface area contributed by atoms with Crippen molar-refractivity contribution in [3.05, 3.63) is 48.4 Å². The molecule has 1 N–H and O–H groups in total. The lowest BCUT2D eigenvalue weighted by Crippen LogP contribution is -2.37. The van der Waals surface area contributed by atoms with Crippen LogP contribution in [0.4, 0.5) is 4.39 Å². The smallest absolute Gasteiger partial charge is 0.120 e. The number of likely N-dealkylation sites (N-methyl/N-ethyl adjacent to an activating group) is 1. The standard InChI is InChI=1S/C17H27FN2/c1-7-9-16(19-5)15(13(3)8-2)12-20(6)17(10-11-17)14(4)18/h7,9,12,14,19H,1,3,8,10-11H2,2,4-6H3/b15-12-,16-9+. The van der Waals surface area contributed by atoms with Gasteiger partial charge in [0, 0.05) is 31.6 Å². The van der Waals surface area contributed by atoms with Gasteiger partial charge in [0.05, 0.1) is 5.54 Å². The maximum Gasteiger partial charge on any atom is 0.120 e. The van der Waals surface area contributed by atoms with Crippen LogP contribution in [0.25, 0.3) is 0 Å². The normalized spacial score (nSPS) is 19.2. The summed E-state index contributed by atoms with van der Waals surface area (Å²) in [4.78, 5) is 2.02. The molecular formula is C17H27FN2. The van der Waals surface area contributed by atoms with Crippen LogP contribution in [0, 0.1) is 0 Å². The molecule has 1 aliphatic rings. The summed E-state index contributed by atoms with van der Waals surface area (Å²) in [7, 11) is 3.82. The fourth-order valence-corrected chi connectivity index (χ4v) is 2.45. The Morgan fingerprint density at radius 1 is 1.50 bits per heavy atom. The van der Waals surface area contributed by atoms with Crippen molar-refractivity contribution in [2.24, 2.45) is 0 Å². The van der Waals surface area contributed by atoms with Gasteiger partial charge >= 0.3 is 0 Å². The molecule has 0 bridgehead atoms. The topological polar surface area (TPSA) is 15.3 Å². The minimum atomic E-state index is -0.832. The summed E-state index contributed by atoms with van der Waals surface area (Å²) < 4.78 is 13.8. The van der Waals surface area contributed by atoms with Gasteiger partial charge in [-0.05, 0) is 37.8 Å². The SMILES string of the molecule is C=C/C=C(NC)\C(=C/N(C)C1(C(C)F)CC1)C(=C)CC. The van der Waals surface area contributed by atoms with E-state index in [0.29, 0.717) is 0 Å². The van der Waals surface area contributed by atoms with Crippen LogP contribution in [0.15, 0.2) is 48.4 Å². The van der Waals surface area contributed by atoms with Crippen LogP contribution >= 0.6 is 0 Å². The number of nitrogens with one attached hydrogen (secondary N) is 1. The first-order chi connectivity index (χ1) is 9.42. The zero-order valence-electron chi connectivity index (χ0n) is 13.2. The van der Waals surface area contributed by atoms with E-state index in [9.17, 15) is 4.39 Å². The lowest BCUT2D eigenvalue weighted by Gasteiger charge is -2.30. The zero-order valence-corrected chi connectivity index (χ0v) is 13.2. The number of hydrogen-bond acceptors (Lipinski definition) is 2. The van der Waals surface area contributed by atoms with Crippen molar-refractivity contribution in [3.8, 4) is 0 Å². The maximum atomic E-state index is 13.8. The first kappa shape index (κ1) is 16.5. The van der Waals surface area contributed by atoms with E-state index in [4.69, 9.17) is 0 Å². The number of hydrogen-bond donors (Lipinski definition) is 1. The van der Waals surface area contributed by atoms with Crippen LogP contribution in [-0.4, -0.2) is 30.7 Å². The Kier molecular flexibility index (Phi) is 5.61. The van der Waals surface area contributed by atoms with Gasteiger partial charge in [0.2, 0.25) is 0 Å². The van der Waals surface area contributed by atoms with Crippen molar-refractivity contribution in [2.45, 2.75) is 44.8 Å². The molecule has 0 heterocycles. The number of alkyl halides is 1. The summed E-state index contributed by atoms with van der Waals surface area (Å²) in [6, 6.07) is 0. The minimum Gasteiger partial charge on any atom is -0.388 e. The molecule has 1 fully saturated rings. The van der Waals surface area contributed by atoms with Gasteiger partial charge in [-0.25, -0.2) is 4.39 Å². The van der Waals surface area contributed by atoms with Gasteiger partial charge in [0.25, 0.3) is 0 Å². The highest BCUT2D eigenvalue weighted by Gasteiger charge is 2.50. The largest absolute Gasteiger partial charge is 0.388 e. The van der Waals surface area contributed by atoms with Crippen molar-refractivity contribution < 1.29 is 4.39 Å². The lowest BCUT2D eigenvalue weighted by molar-refractivity contribution is 0.168. The van der Waals surface area contributed by atoms with Crippen LogP contribution in [0.2, 0.25) is 0 Å². The Labute approximate surface area is 122 Å². The van der Waals surface area contributed by atoms with Crippen molar-refractivity contribution in [1.29, 1.82) is 0 Å². The van der Waals surface area contributed by atoms with Crippen LogP contribution < -0.4 is 5.32 Å². The first-order valence-corrected chi connectivity index (χ1v) is 7.20. The van der Waals surface area contributed by atoms with E-state index >= 15 is 0 Å². The zero-order chi connectivity index (χ0) is 15.3. The Morgan fingerprint density at radius 3 is 2.45 bits per heavy atom. The van der Waals surface area contributed by atoms with E-state index in [1.54, 1.807) is 13.0 Å². The van der Waals surface area contributed by atoms with Crippen LogP contribution in [0.3, 0.4) is 0 Å². The van der Waals surface area contributed by atoms with Crippen molar-refractivity contribution in [1.82, 2.24) is 10.2 Å². The van der Waals surface area contributed by atoms with E-state index in [1.807, 2.05) is 31.3 Å². The molecule has 1 aliphatic carbocycles. The molecule has 0 amide bonds. The predicted molar refractivity (Wildman–Crippen MR) is 85.2 cm³/mol. The van der Waals surface area contributed by atoms with E-state index < -0.39 is 6.17 Å². The molecule has 3 heteroatoms. The number of allylic oxidation sites excluding steroid dienone is 3. The van der Waals surface area contributed by atoms with Gasteiger partial charge in [-0.3, -0.25) is 0 Å². The molecule has 20 heavy (non-hydrogen) atoms. The van der Waals surface area contributed by atoms with Crippen molar-refractivity contribution >= 4 is 0 Å². The van der Waals surface area contributed by atoms with Crippen LogP contribution in [0.5, 0.6) is 0 Å². The van der Waals surface area contributed by atoms with Gasteiger partial charge in [-0.15, -0.1) is 0 Å². The quantitative estimate of drug-likeness (QED) is 0.676. The highest BCUT2D eigenvalue weighted by Crippen LogP contribution is 2.46. The first-order valence-electron chi connectivity index (χ1n) is 7.20. The molecule has 0 aliphatic heterocycles. The Bertz CT molecular complexity index is 428. The molecule has 2 nitrogen and oxygen atoms in total. The third kappa shape index (κ3) is 3.33. The van der Waals surface area contributed by atoms with E-state index in [-0.39, 0.29) is 5.54 Å². The van der Waals surface area contributed by atoms with Gasteiger partial charge < -0.3 is 10.2 Å². The second-order valence-electron chi connectivity index (χ2n) is 5.40. The third-order valence-electron chi connectivity index (χ3n) is 4.18. The number of rotatable bonds is 8. The monoisotopic (exact) mass is 278 g/mol. The molecule has 1 atom stereocenters. The average molecular weight is 278 g/mol. The Balaban J connectivity index is 3.11. The summed E-state index contributed by atoms with van der Waals surface area (Å²) in [5.41, 5.74) is 2.68. The molecule has 0 aromatic carbocycles. The second-order valence-corrected chi connectivity index (χ2v) is 5.40. The molecule has 112 valence electrons. The van der Waals surface area contributed by atoms with E-state index in [2.05, 4.69) is 25.4 Å². The van der Waals surface area contributed by atoms with Crippen LogP contribution in [-0.2, 0) is 0 Å². The average Bonchev–Trinajstić information content (AvgIpc) is 3.23. The highest BCUT2D eigenvalue weighted by molar-refractivity contribution is 5.45. The number of nitrogens with zero attached hydrogens (tertiary/aromatic N) is 1. The summed E-state index contributed by atoms with van der Waals surface area (Å²) >= 11 is 0. The fourth-order valence-electron chi connectivity index (χ4n) is 2.45. The van der Waals surface area contributed by atoms with Gasteiger partial charge in [0.1, 0.15) is 6.17 Å². The van der Waals surface area contributed by atoms with Gasteiger partial charge in [-0.1, -0.05) is 26.2 Å². The van der Waals surface area contributed by atoms with E-state index in [1.165, 1.54) is 0 Å². The lowest BCUT2D eigenvalue weighted by atomic mass is 10.0. The Hall–Kier alpha value is -1.51. The van der Waals surface area contributed by atoms with E-state index in [0.717, 1.165) is 36.1 Å². The second kappa shape index (κ2) is 6.78. The fraction of sp³-hybridized carbons (Fsp3) is 0.529. The van der Waals surface area contributed by atoms with Gasteiger partial charge in [-0.2, -0.15) is 0 Å².